The third-order valence-corrected chi connectivity index (χ3v) is 9.09. The summed E-state index contributed by atoms with van der Waals surface area (Å²) < 4.78 is 28.9. The van der Waals surface area contributed by atoms with Gasteiger partial charge in [-0.05, 0) is 63.1 Å². The smallest absolute Gasteiger partial charge is 0.269 e. The zero-order valence-corrected chi connectivity index (χ0v) is 20.7. The average molecular weight is 521 g/mol. The highest BCUT2D eigenvalue weighted by Crippen LogP contribution is 2.35. The van der Waals surface area contributed by atoms with Gasteiger partial charge in [0.25, 0.3) is 11.6 Å². The van der Waals surface area contributed by atoms with Crippen LogP contribution in [0.5, 0.6) is 0 Å². The van der Waals surface area contributed by atoms with Crippen molar-refractivity contribution in [1.82, 2.24) is 14.1 Å². The summed E-state index contributed by atoms with van der Waals surface area (Å²) in [4.78, 5) is 25.4. The average Bonchev–Trinajstić information content (AvgIpc) is 3.41. The van der Waals surface area contributed by atoms with Gasteiger partial charge >= 0.3 is 0 Å². The third kappa shape index (κ3) is 4.61. The molecule has 0 spiro atoms. The molecule has 1 fully saturated rings. The predicted molar refractivity (Wildman–Crippen MR) is 128 cm³/mol. The maximum Gasteiger partial charge on any atom is 0.269 e. The highest BCUT2D eigenvalue weighted by atomic mass is 35.5. The number of rotatable bonds is 6. The molecule has 1 atom stereocenters. The zero-order valence-electron chi connectivity index (χ0n) is 18.3. The topological polar surface area (TPSA) is 115 Å². The summed E-state index contributed by atoms with van der Waals surface area (Å²) in [6.45, 7) is 3.76. The van der Waals surface area contributed by atoms with Gasteiger partial charge in [-0.25, -0.2) is 13.1 Å². The van der Waals surface area contributed by atoms with Gasteiger partial charge < -0.3 is 0 Å². The normalized spacial score (nSPS) is 16.6. The summed E-state index contributed by atoms with van der Waals surface area (Å²) in [5.74, 6) is -0.411. The Bertz CT molecular complexity index is 1360. The first-order valence-corrected chi connectivity index (χ1v) is 13.0. The number of carbonyl (C=O) groups excluding carboxylic acids is 1. The molecular formula is C22H21ClN4O5S2. The van der Waals surface area contributed by atoms with Crippen LogP contribution in [0.4, 0.5) is 5.69 Å². The number of carbonyl (C=O) groups is 1. The lowest BCUT2D eigenvalue weighted by atomic mass is 10.2. The number of aromatic nitrogens is 2. The molecule has 4 rings (SSSR count). The van der Waals surface area contributed by atoms with Crippen LogP contribution in [0.25, 0.3) is 0 Å². The Hall–Kier alpha value is -2.73. The third-order valence-electron chi connectivity index (χ3n) is 5.61. The molecule has 12 heteroatoms. The van der Waals surface area contributed by atoms with E-state index in [2.05, 4.69) is 5.10 Å². The standard InChI is InChI=1S/C22H21ClN4O5S2/c1-14-21(33-18-9-7-17(8-10-18)27(29)30)15(2)26(24-14)22(28)20-4-3-13-25(20)34(31,32)19-11-5-16(23)6-12-19/h5-12,20H,3-4,13H2,1-2H3/t20-/m0/s1. The molecule has 3 aromatic rings. The van der Waals surface area contributed by atoms with Crippen molar-refractivity contribution in [2.75, 3.05) is 6.54 Å². The predicted octanol–water partition coefficient (Wildman–Crippen LogP) is 4.71. The Morgan fingerprint density at radius 2 is 1.79 bits per heavy atom. The second-order valence-electron chi connectivity index (χ2n) is 7.83. The number of nitro groups is 1. The van der Waals surface area contributed by atoms with Gasteiger partial charge in [0.1, 0.15) is 6.04 Å². The zero-order chi connectivity index (χ0) is 24.6. The maximum atomic E-state index is 13.4. The van der Waals surface area contributed by atoms with Gasteiger partial charge in [0.2, 0.25) is 10.0 Å². The van der Waals surface area contributed by atoms with Crippen LogP contribution in [0, 0.1) is 24.0 Å². The lowest BCUT2D eigenvalue weighted by Crippen LogP contribution is -2.43. The molecule has 0 radical (unpaired) electrons. The number of non-ortho nitro benzene ring substituents is 1. The van der Waals surface area contributed by atoms with Gasteiger partial charge in [0.15, 0.2) is 0 Å². The number of nitro benzene ring substituents is 1. The van der Waals surface area contributed by atoms with Crippen molar-refractivity contribution in [3.8, 4) is 0 Å². The molecule has 1 saturated heterocycles. The fourth-order valence-corrected chi connectivity index (χ4v) is 6.61. The summed E-state index contributed by atoms with van der Waals surface area (Å²) in [6.07, 6.45) is 0.960. The van der Waals surface area contributed by atoms with Crippen LogP contribution in [-0.4, -0.2) is 45.9 Å². The molecule has 0 N–H and O–H groups in total. The first-order valence-electron chi connectivity index (χ1n) is 10.4. The molecular weight excluding hydrogens is 500 g/mol. The quantitative estimate of drug-likeness (QED) is 0.341. The molecule has 0 bridgehead atoms. The summed E-state index contributed by atoms with van der Waals surface area (Å²) in [5, 5.41) is 15.7. The van der Waals surface area contributed by atoms with Crippen molar-refractivity contribution >= 4 is 45.0 Å². The van der Waals surface area contributed by atoms with Crippen molar-refractivity contribution in [3.05, 3.63) is 75.1 Å². The molecule has 0 saturated carbocycles. The summed E-state index contributed by atoms with van der Waals surface area (Å²) in [5.41, 5.74) is 1.19. The van der Waals surface area contributed by atoms with E-state index in [9.17, 15) is 23.3 Å². The van der Waals surface area contributed by atoms with Crippen molar-refractivity contribution in [2.45, 2.75) is 47.4 Å². The fourth-order valence-electron chi connectivity index (χ4n) is 3.90. The van der Waals surface area contributed by atoms with Gasteiger partial charge in [-0.15, -0.1) is 0 Å². The molecule has 1 aliphatic rings. The van der Waals surface area contributed by atoms with E-state index in [1.807, 2.05) is 0 Å². The highest BCUT2D eigenvalue weighted by molar-refractivity contribution is 7.99. The molecule has 178 valence electrons. The maximum absolute atomic E-state index is 13.4. The van der Waals surface area contributed by atoms with E-state index < -0.39 is 26.9 Å². The van der Waals surface area contributed by atoms with Crippen LogP contribution in [0.3, 0.4) is 0 Å². The van der Waals surface area contributed by atoms with Gasteiger partial charge in [0, 0.05) is 28.6 Å². The molecule has 2 aromatic carbocycles. The van der Waals surface area contributed by atoms with Gasteiger partial charge in [-0.2, -0.15) is 9.40 Å². The molecule has 34 heavy (non-hydrogen) atoms. The van der Waals surface area contributed by atoms with E-state index in [0.29, 0.717) is 29.3 Å². The van der Waals surface area contributed by atoms with Crippen LogP contribution >= 0.6 is 23.4 Å². The lowest BCUT2D eigenvalue weighted by molar-refractivity contribution is -0.384. The van der Waals surface area contributed by atoms with E-state index in [4.69, 9.17) is 11.6 Å². The molecule has 2 heterocycles. The minimum Gasteiger partial charge on any atom is -0.271 e. The van der Waals surface area contributed by atoms with Crippen LogP contribution in [0.15, 0.2) is 63.2 Å². The molecule has 0 unspecified atom stereocenters. The van der Waals surface area contributed by atoms with E-state index in [1.54, 1.807) is 26.0 Å². The fraction of sp³-hybridized carbons (Fsp3) is 0.273. The Labute approximate surface area is 205 Å². The molecule has 0 amide bonds. The Morgan fingerprint density at radius 1 is 1.15 bits per heavy atom. The molecule has 0 aliphatic carbocycles. The first-order chi connectivity index (χ1) is 16.1. The number of aryl methyl sites for hydroxylation is 1. The number of sulfonamides is 1. The first kappa shape index (κ1) is 24.4. The monoisotopic (exact) mass is 520 g/mol. The van der Waals surface area contributed by atoms with E-state index in [-0.39, 0.29) is 17.1 Å². The van der Waals surface area contributed by atoms with Crippen molar-refractivity contribution in [1.29, 1.82) is 0 Å². The van der Waals surface area contributed by atoms with Crippen molar-refractivity contribution in [2.24, 2.45) is 0 Å². The minimum atomic E-state index is -3.88. The summed E-state index contributed by atoms with van der Waals surface area (Å²) >= 11 is 7.23. The van der Waals surface area contributed by atoms with Crippen LogP contribution in [0.2, 0.25) is 5.02 Å². The Morgan fingerprint density at radius 3 is 2.41 bits per heavy atom. The minimum absolute atomic E-state index is 0.00751. The largest absolute Gasteiger partial charge is 0.271 e. The molecule has 1 aliphatic heterocycles. The summed E-state index contributed by atoms with van der Waals surface area (Å²) in [6, 6.07) is 11.1. The number of halogens is 1. The van der Waals surface area contributed by atoms with E-state index in [1.165, 1.54) is 57.1 Å². The second-order valence-corrected chi connectivity index (χ2v) is 11.2. The van der Waals surface area contributed by atoms with Gasteiger partial charge in [-0.1, -0.05) is 23.4 Å². The number of benzene rings is 2. The SMILES string of the molecule is Cc1nn(C(=O)[C@@H]2CCCN2S(=O)(=O)c2ccc(Cl)cc2)c(C)c1Sc1ccc([N+](=O)[O-])cc1. The number of hydrogen-bond acceptors (Lipinski definition) is 7. The highest BCUT2D eigenvalue weighted by Gasteiger charge is 2.41. The Balaban J connectivity index is 1.60. The molecule has 1 aromatic heterocycles. The molecule has 9 nitrogen and oxygen atoms in total. The van der Waals surface area contributed by atoms with Crippen molar-refractivity contribution in [3.63, 3.8) is 0 Å². The Kier molecular flexibility index (Phi) is 6.81. The van der Waals surface area contributed by atoms with Crippen molar-refractivity contribution < 1.29 is 18.1 Å². The van der Waals surface area contributed by atoms with E-state index in [0.717, 1.165) is 9.79 Å². The lowest BCUT2D eigenvalue weighted by Gasteiger charge is -2.23. The van der Waals surface area contributed by atoms with Crippen LogP contribution < -0.4 is 0 Å². The van der Waals surface area contributed by atoms with Gasteiger partial charge in [-0.3, -0.25) is 14.9 Å². The second kappa shape index (κ2) is 9.49. The number of nitrogens with zero attached hydrogens (tertiary/aromatic N) is 4. The van der Waals surface area contributed by atoms with Crippen LogP contribution in [-0.2, 0) is 10.0 Å². The summed E-state index contributed by atoms with van der Waals surface area (Å²) in [7, 11) is -3.88. The van der Waals surface area contributed by atoms with Gasteiger partial charge in [0.05, 0.1) is 26.1 Å². The number of hydrogen-bond donors (Lipinski definition) is 0. The van der Waals surface area contributed by atoms with Crippen LogP contribution in [0.1, 0.15) is 29.0 Å². The van der Waals surface area contributed by atoms with E-state index >= 15 is 0 Å².